The number of hydrogen-bond acceptors (Lipinski definition) is 5. The number of ketones is 1. The molecule has 0 atom stereocenters. The van der Waals surface area contributed by atoms with Crippen molar-refractivity contribution in [3.05, 3.63) is 64.1 Å². The van der Waals surface area contributed by atoms with Crippen LogP contribution in [0.2, 0.25) is 0 Å². The molecule has 2 aromatic carbocycles. The van der Waals surface area contributed by atoms with Gasteiger partial charge in [-0.25, -0.2) is 4.98 Å². The average Bonchev–Trinajstić information content (AvgIpc) is 2.59. The van der Waals surface area contributed by atoms with E-state index < -0.39 is 11.3 Å². The first kappa shape index (κ1) is 14.8. The Bertz CT molecular complexity index is 947. The minimum absolute atomic E-state index is 0.157. The molecule has 0 saturated carbocycles. The van der Waals surface area contributed by atoms with E-state index in [4.69, 9.17) is 9.47 Å². The number of carbonyl (C=O) groups excluding carboxylic acids is 1. The highest BCUT2D eigenvalue weighted by Gasteiger charge is 2.18. The third-order valence-corrected chi connectivity index (χ3v) is 3.46. The van der Waals surface area contributed by atoms with Gasteiger partial charge in [0.15, 0.2) is 17.2 Å². The maximum absolute atomic E-state index is 12.6. The van der Waals surface area contributed by atoms with Crippen molar-refractivity contribution in [1.29, 1.82) is 0 Å². The molecule has 1 aromatic heterocycles. The molecule has 0 aliphatic carbocycles. The third-order valence-electron chi connectivity index (χ3n) is 3.46. The van der Waals surface area contributed by atoms with Gasteiger partial charge in [0, 0.05) is 5.56 Å². The smallest absolute Gasteiger partial charge is 0.278 e. The number of carbonyl (C=O) groups is 1. The number of ether oxygens (including phenoxy) is 2. The fraction of sp³-hybridized carbons (Fsp3) is 0.118. The Balaban J connectivity index is 2.10. The summed E-state index contributed by atoms with van der Waals surface area (Å²) in [7, 11) is 2.99. The summed E-state index contributed by atoms with van der Waals surface area (Å²) in [6.07, 6.45) is 0. The lowest BCUT2D eigenvalue weighted by atomic mass is 10.1. The van der Waals surface area contributed by atoms with E-state index in [0.717, 1.165) is 0 Å². The Labute approximate surface area is 131 Å². The molecule has 1 N–H and O–H groups in total. The van der Waals surface area contributed by atoms with Crippen LogP contribution in [-0.2, 0) is 0 Å². The van der Waals surface area contributed by atoms with Crippen LogP contribution >= 0.6 is 0 Å². The molecule has 1 heterocycles. The molecular weight excluding hydrogens is 296 g/mol. The predicted molar refractivity (Wildman–Crippen MR) is 85.3 cm³/mol. The fourth-order valence-corrected chi connectivity index (χ4v) is 2.30. The molecule has 6 heteroatoms. The van der Waals surface area contributed by atoms with E-state index in [1.54, 1.807) is 36.4 Å². The highest BCUT2D eigenvalue weighted by Crippen LogP contribution is 2.28. The van der Waals surface area contributed by atoms with Crippen molar-refractivity contribution >= 4 is 16.8 Å². The van der Waals surface area contributed by atoms with Gasteiger partial charge in [-0.1, -0.05) is 12.1 Å². The topological polar surface area (TPSA) is 81.3 Å². The second-order valence-electron chi connectivity index (χ2n) is 4.83. The van der Waals surface area contributed by atoms with Gasteiger partial charge in [0.2, 0.25) is 5.78 Å². The van der Waals surface area contributed by atoms with Gasteiger partial charge >= 0.3 is 0 Å². The highest BCUT2D eigenvalue weighted by atomic mass is 16.5. The van der Waals surface area contributed by atoms with Crippen LogP contribution in [0, 0.1) is 0 Å². The van der Waals surface area contributed by atoms with Crippen LogP contribution in [0.25, 0.3) is 11.0 Å². The predicted octanol–water partition coefficient (Wildman–Crippen LogP) is 2.17. The zero-order valence-electron chi connectivity index (χ0n) is 12.6. The minimum Gasteiger partial charge on any atom is -0.493 e. The largest absolute Gasteiger partial charge is 0.493 e. The number of hydrogen-bond donors (Lipinski definition) is 1. The van der Waals surface area contributed by atoms with E-state index in [1.165, 1.54) is 20.3 Å². The second kappa shape index (κ2) is 5.92. The maximum Gasteiger partial charge on any atom is 0.278 e. The van der Waals surface area contributed by atoms with E-state index in [0.29, 0.717) is 28.1 Å². The molecule has 0 radical (unpaired) electrons. The summed E-state index contributed by atoms with van der Waals surface area (Å²) in [5.74, 6) is 0.443. The zero-order chi connectivity index (χ0) is 16.4. The van der Waals surface area contributed by atoms with Crippen LogP contribution < -0.4 is 15.0 Å². The second-order valence-corrected chi connectivity index (χ2v) is 4.83. The van der Waals surface area contributed by atoms with Gasteiger partial charge in [0.05, 0.1) is 25.3 Å². The number of nitrogens with zero attached hydrogens (tertiary/aromatic N) is 1. The lowest BCUT2D eigenvalue weighted by molar-refractivity contribution is 0.103. The standard InChI is InChI=1S/C17H14N2O4/c1-22-13-8-7-10(9-14(13)23-2)16(20)15-17(21)19-12-6-4-3-5-11(12)18-15/h3-9H,1-2H3,(H,19,21). The molecule has 3 rings (SSSR count). The number of fused-ring (bicyclic) bond motifs is 1. The molecule has 0 saturated heterocycles. The molecule has 0 fully saturated rings. The SMILES string of the molecule is COc1ccc(C(=O)c2nc3ccccc3[nH]c2=O)cc1OC. The van der Waals surface area contributed by atoms with Crippen molar-refractivity contribution in [1.82, 2.24) is 9.97 Å². The Hall–Kier alpha value is -3.15. The summed E-state index contributed by atoms with van der Waals surface area (Å²) in [6.45, 7) is 0. The maximum atomic E-state index is 12.6. The lowest BCUT2D eigenvalue weighted by Crippen LogP contribution is -2.21. The first-order valence-electron chi connectivity index (χ1n) is 6.90. The van der Waals surface area contributed by atoms with E-state index >= 15 is 0 Å². The van der Waals surface area contributed by atoms with Gasteiger partial charge in [0.25, 0.3) is 5.56 Å². The summed E-state index contributed by atoms with van der Waals surface area (Å²) in [5, 5.41) is 0. The molecule has 0 amide bonds. The summed E-state index contributed by atoms with van der Waals surface area (Å²) >= 11 is 0. The van der Waals surface area contributed by atoms with Crippen LogP contribution in [0.4, 0.5) is 0 Å². The molecule has 3 aromatic rings. The van der Waals surface area contributed by atoms with Gasteiger partial charge in [-0.2, -0.15) is 0 Å². The van der Waals surface area contributed by atoms with E-state index in [2.05, 4.69) is 9.97 Å². The van der Waals surface area contributed by atoms with E-state index in [1.807, 2.05) is 0 Å². The highest BCUT2D eigenvalue weighted by molar-refractivity contribution is 6.08. The van der Waals surface area contributed by atoms with Crippen molar-refractivity contribution < 1.29 is 14.3 Å². The number of rotatable bonds is 4. The summed E-state index contributed by atoms with van der Waals surface area (Å²) < 4.78 is 10.3. The molecule has 116 valence electrons. The van der Waals surface area contributed by atoms with E-state index in [-0.39, 0.29) is 5.69 Å². The Morgan fingerprint density at radius 2 is 1.78 bits per heavy atom. The van der Waals surface area contributed by atoms with Gasteiger partial charge in [-0.3, -0.25) is 9.59 Å². The molecule has 0 bridgehead atoms. The third kappa shape index (κ3) is 2.66. The number of benzene rings is 2. The van der Waals surface area contributed by atoms with Crippen molar-refractivity contribution in [2.24, 2.45) is 0 Å². The van der Waals surface area contributed by atoms with Gasteiger partial charge in [0.1, 0.15) is 0 Å². The van der Waals surface area contributed by atoms with Crippen LogP contribution in [0.15, 0.2) is 47.3 Å². The van der Waals surface area contributed by atoms with Crippen molar-refractivity contribution in [3.63, 3.8) is 0 Å². The first-order chi connectivity index (χ1) is 11.1. The molecule has 6 nitrogen and oxygen atoms in total. The van der Waals surface area contributed by atoms with Gasteiger partial charge < -0.3 is 14.5 Å². The average molecular weight is 310 g/mol. The Morgan fingerprint density at radius 1 is 1.04 bits per heavy atom. The lowest BCUT2D eigenvalue weighted by Gasteiger charge is -2.09. The molecule has 0 spiro atoms. The minimum atomic E-state index is -0.525. The first-order valence-corrected chi connectivity index (χ1v) is 6.90. The van der Waals surface area contributed by atoms with Crippen LogP contribution in [-0.4, -0.2) is 30.0 Å². The zero-order valence-corrected chi connectivity index (χ0v) is 12.6. The van der Waals surface area contributed by atoms with Crippen molar-refractivity contribution in [2.75, 3.05) is 14.2 Å². The number of aromatic amines is 1. The van der Waals surface area contributed by atoms with E-state index in [9.17, 15) is 9.59 Å². The summed E-state index contributed by atoms with van der Waals surface area (Å²) in [6, 6.07) is 11.7. The van der Waals surface area contributed by atoms with Crippen molar-refractivity contribution in [3.8, 4) is 11.5 Å². The number of aromatic nitrogens is 2. The number of nitrogens with one attached hydrogen (secondary N) is 1. The molecule has 0 aliphatic heterocycles. The Kier molecular flexibility index (Phi) is 3.80. The summed E-state index contributed by atoms with van der Waals surface area (Å²) in [4.78, 5) is 31.6. The normalized spacial score (nSPS) is 10.5. The number of para-hydroxylation sites is 2. The van der Waals surface area contributed by atoms with Gasteiger partial charge in [-0.15, -0.1) is 0 Å². The molecule has 0 aliphatic rings. The van der Waals surface area contributed by atoms with Crippen LogP contribution in [0.1, 0.15) is 16.1 Å². The molecule has 23 heavy (non-hydrogen) atoms. The van der Waals surface area contributed by atoms with Crippen LogP contribution in [0.5, 0.6) is 11.5 Å². The fourth-order valence-electron chi connectivity index (χ4n) is 2.30. The summed E-state index contributed by atoms with van der Waals surface area (Å²) in [5.41, 5.74) is 0.757. The van der Waals surface area contributed by atoms with Crippen molar-refractivity contribution in [2.45, 2.75) is 0 Å². The van der Waals surface area contributed by atoms with Crippen LogP contribution in [0.3, 0.4) is 0 Å². The monoisotopic (exact) mass is 310 g/mol. The number of methoxy groups -OCH3 is 2. The molecular formula is C17H14N2O4. The quantitative estimate of drug-likeness (QED) is 0.747. The van der Waals surface area contributed by atoms with Gasteiger partial charge in [-0.05, 0) is 30.3 Å². The number of H-pyrrole nitrogens is 1. The Morgan fingerprint density at radius 3 is 2.52 bits per heavy atom. The molecule has 0 unspecified atom stereocenters.